The van der Waals surface area contributed by atoms with Gasteiger partial charge in [0.2, 0.25) is 15.9 Å². The maximum absolute atomic E-state index is 13.6. The highest BCUT2D eigenvalue weighted by Gasteiger charge is 2.33. The summed E-state index contributed by atoms with van der Waals surface area (Å²) in [7, 11) is -2.40. The van der Waals surface area contributed by atoms with E-state index in [0.29, 0.717) is 55.1 Å². The van der Waals surface area contributed by atoms with E-state index in [4.69, 9.17) is 21.1 Å². The molecule has 40 heavy (non-hydrogen) atoms. The van der Waals surface area contributed by atoms with E-state index >= 15 is 0 Å². The second kappa shape index (κ2) is 12.5. The van der Waals surface area contributed by atoms with E-state index in [-0.39, 0.29) is 30.0 Å². The Bertz CT molecular complexity index is 1410. The molecule has 1 atom stereocenters. The van der Waals surface area contributed by atoms with Crippen LogP contribution in [0.5, 0.6) is 5.75 Å². The predicted octanol–water partition coefficient (Wildman–Crippen LogP) is 3.32. The average Bonchev–Trinajstić information content (AvgIpc) is 3.50. The predicted molar refractivity (Wildman–Crippen MR) is 152 cm³/mol. The number of aromatic nitrogens is 2. The molecule has 12 heteroatoms. The number of rotatable bonds is 9. The van der Waals surface area contributed by atoms with Gasteiger partial charge in [-0.2, -0.15) is 4.31 Å². The van der Waals surface area contributed by atoms with Crippen LogP contribution in [0.15, 0.2) is 65.6 Å². The molecule has 10 nitrogen and oxygen atoms in total. The van der Waals surface area contributed by atoms with Gasteiger partial charge in [0.1, 0.15) is 5.75 Å². The minimum absolute atomic E-state index is 0.114. The van der Waals surface area contributed by atoms with Crippen LogP contribution in [-0.2, 0) is 19.6 Å². The van der Waals surface area contributed by atoms with Crippen molar-refractivity contribution in [2.24, 2.45) is 0 Å². The Morgan fingerprint density at radius 3 is 2.42 bits per heavy atom. The molecule has 1 unspecified atom stereocenters. The molecule has 2 fully saturated rings. The molecule has 2 aromatic carbocycles. The summed E-state index contributed by atoms with van der Waals surface area (Å²) in [5.41, 5.74) is 1.50. The Labute approximate surface area is 239 Å². The van der Waals surface area contributed by atoms with Crippen LogP contribution in [0.25, 0.3) is 11.3 Å². The largest absolute Gasteiger partial charge is 0.497 e. The van der Waals surface area contributed by atoms with Gasteiger partial charge >= 0.3 is 0 Å². The number of carbonyl (C=O) groups is 1. The Hall–Kier alpha value is -3.25. The Morgan fingerprint density at radius 2 is 1.80 bits per heavy atom. The van der Waals surface area contributed by atoms with Crippen molar-refractivity contribution in [1.82, 2.24) is 19.4 Å². The van der Waals surface area contributed by atoms with Crippen LogP contribution >= 0.6 is 11.6 Å². The smallest absolute Gasteiger partial charge is 0.243 e. The van der Waals surface area contributed by atoms with Crippen molar-refractivity contribution in [3.8, 4) is 17.0 Å². The maximum Gasteiger partial charge on any atom is 0.243 e. The van der Waals surface area contributed by atoms with Crippen LogP contribution in [-0.4, -0.2) is 92.8 Å². The standard InChI is InChI=1S/C28H32ClN5O5S/c1-38-21-8-10-23(11-9-21)40(36,37)34(19-22-5-4-18-39-22)20-28(35)33-16-14-32(15-17-33)27-13-12-26(30-31-27)24-6-2-3-7-25(24)29/h2-3,6-13,22H,4-5,14-20H2,1H3. The van der Waals surface area contributed by atoms with Crippen molar-refractivity contribution in [2.75, 3.05) is 57.9 Å². The van der Waals surface area contributed by atoms with Crippen LogP contribution in [0.3, 0.4) is 0 Å². The molecule has 0 N–H and O–H groups in total. The highest BCUT2D eigenvalue weighted by atomic mass is 35.5. The molecular weight excluding hydrogens is 554 g/mol. The van der Waals surface area contributed by atoms with Crippen molar-refractivity contribution >= 4 is 33.3 Å². The fourth-order valence-electron chi connectivity index (χ4n) is 4.90. The maximum atomic E-state index is 13.6. The summed E-state index contributed by atoms with van der Waals surface area (Å²) in [4.78, 5) is 17.2. The molecule has 2 aliphatic heterocycles. The molecule has 5 rings (SSSR count). The summed E-state index contributed by atoms with van der Waals surface area (Å²) < 4.78 is 39.2. The topological polar surface area (TPSA) is 105 Å². The Kier molecular flexibility index (Phi) is 8.84. The highest BCUT2D eigenvalue weighted by Crippen LogP contribution is 2.27. The molecule has 0 aliphatic carbocycles. The second-order valence-corrected chi connectivity index (χ2v) is 12.1. The zero-order valence-electron chi connectivity index (χ0n) is 22.3. The third-order valence-corrected chi connectivity index (χ3v) is 9.35. The van der Waals surface area contributed by atoms with Gasteiger partial charge in [0.25, 0.3) is 0 Å². The quantitative estimate of drug-likeness (QED) is 0.377. The lowest BCUT2D eigenvalue weighted by atomic mass is 10.1. The summed E-state index contributed by atoms with van der Waals surface area (Å²) in [5.74, 6) is 1.03. The van der Waals surface area contributed by atoms with Gasteiger partial charge in [-0.25, -0.2) is 8.42 Å². The SMILES string of the molecule is COc1ccc(S(=O)(=O)N(CC(=O)N2CCN(c3ccc(-c4ccccc4Cl)nn3)CC2)CC2CCCO2)cc1. The lowest BCUT2D eigenvalue weighted by molar-refractivity contribution is -0.131. The number of methoxy groups -OCH3 is 1. The number of nitrogens with zero attached hydrogens (tertiary/aromatic N) is 5. The first-order chi connectivity index (χ1) is 19.3. The number of carbonyl (C=O) groups excluding carboxylic acids is 1. The molecule has 2 aliphatic rings. The highest BCUT2D eigenvalue weighted by molar-refractivity contribution is 7.89. The average molecular weight is 586 g/mol. The first-order valence-electron chi connectivity index (χ1n) is 13.2. The van der Waals surface area contributed by atoms with Crippen molar-refractivity contribution in [3.63, 3.8) is 0 Å². The zero-order valence-corrected chi connectivity index (χ0v) is 23.9. The van der Waals surface area contributed by atoms with Gasteiger partial charge in [0.15, 0.2) is 5.82 Å². The monoisotopic (exact) mass is 585 g/mol. The summed E-state index contributed by atoms with van der Waals surface area (Å²) in [6, 6.07) is 17.4. The number of anilines is 1. The molecular formula is C28H32ClN5O5S. The van der Waals surface area contributed by atoms with Crippen molar-refractivity contribution in [2.45, 2.75) is 23.8 Å². The van der Waals surface area contributed by atoms with E-state index in [1.54, 1.807) is 17.0 Å². The van der Waals surface area contributed by atoms with Gasteiger partial charge in [-0.15, -0.1) is 10.2 Å². The van der Waals surface area contributed by atoms with E-state index in [0.717, 1.165) is 18.4 Å². The van der Waals surface area contributed by atoms with Crippen LogP contribution in [0.2, 0.25) is 5.02 Å². The lowest BCUT2D eigenvalue weighted by Gasteiger charge is -2.36. The Balaban J connectivity index is 1.23. The normalized spacial score (nSPS) is 17.8. The van der Waals surface area contributed by atoms with E-state index < -0.39 is 10.0 Å². The molecule has 0 spiro atoms. The zero-order chi connectivity index (χ0) is 28.1. The molecule has 1 aromatic heterocycles. The van der Waals surface area contributed by atoms with Gasteiger partial charge in [0, 0.05) is 44.9 Å². The molecule has 1 amide bonds. The van der Waals surface area contributed by atoms with Gasteiger partial charge < -0.3 is 19.3 Å². The van der Waals surface area contributed by atoms with E-state index in [1.807, 2.05) is 36.4 Å². The van der Waals surface area contributed by atoms with Gasteiger partial charge in [-0.1, -0.05) is 29.8 Å². The van der Waals surface area contributed by atoms with Crippen molar-refractivity contribution < 1.29 is 22.7 Å². The molecule has 3 heterocycles. The minimum Gasteiger partial charge on any atom is -0.497 e. The number of sulfonamides is 1. The number of benzene rings is 2. The third-order valence-electron chi connectivity index (χ3n) is 7.20. The summed E-state index contributed by atoms with van der Waals surface area (Å²) in [6.07, 6.45) is 1.40. The molecule has 0 saturated carbocycles. The van der Waals surface area contributed by atoms with Crippen molar-refractivity contribution in [1.29, 1.82) is 0 Å². The fraction of sp³-hybridized carbons (Fsp3) is 0.393. The summed E-state index contributed by atoms with van der Waals surface area (Å²) in [6.45, 7) is 2.49. The molecule has 3 aromatic rings. The molecule has 0 bridgehead atoms. The number of hydrogen-bond acceptors (Lipinski definition) is 8. The number of hydrogen-bond donors (Lipinski definition) is 0. The van der Waals surface area contributed by atoms with Gasteiger partial charge in [0.05, 0.1) is 35.4 Å². The third kappa shape index (κ3) is 6.38. The van der Waals surface area contributed by atoms with E-state index in [1.165, 1.54) is 23.5 Å². The van der Waals surface area contributed by atoms with E-state index in [2.05, 4.69) is 15.1 Å². The first kappa shape index (κ1) is 28.3. The fourth-order valence-corrected chi connectivity index (χ4v) is 6.56. The molecule has 2 saturated heterocycles. The van der Waals surface area contributed by atoms with Crippen LogP contribution in [0.4, 0.5) is 5.82 Å². The lowest BCUT2D eigenvalue weighted by Crippen LogP contribution is -2.52. The second-order valence-electron chi connectivity index (χ2n) is 9.73. The van der Waals surface area contributed by atoms with E-state index in [9.17, 15) is 13.2 Å². The van der Waals surface area contributed by atoms with Crippen LogP contribution in [0, 0.1) is 0 Å². The molecule has 212 valence electrons. The number of halogens is 1. The first-order valence-corrected chi connectivity index (χ1v) is 15.0. The summed E-state index contributed by atoms with van der Waals surface area (Å²) in [5, 5.41) is 9.33. The number of piperazine rings is 1. The van der Waals surface area contributed by atoms with Gasteiger partial charge in [-0.05, 0) is 55.3 Å². The van der Waals surface area contributed by atoms with Crippen LogP contribution < -0.4 is 9.64 Å². The summed E-state index contributed by atoms with van der Waals surface area (Å²) >= 11 is 6.28. The van der Waals surface area contributed by atoms with Crippen molar-refractivity contribution in [3.05, 3.63) is 65.7 Å². The minimum atomic E-state index is -3.92. The molecule has 0 radical (unpaired) electrons. The Morgan fingerprint density at radius 1 is 1.05 bits per heavy atom. The number of ether oxygens (including phenoxy) is 2. The van der Waals surface area contributed by atoms with Gasteiger partial charge in [-0.3, -0.25) is 4.79 Å². The van der Waals surface area contributed by atoms with Crippen LogP contribution in [0.1, 0.15) is 12.8 Å². The number of amides is 1.